The molecule has 2 aliphatic carbocycles. The maximum atomic E-state index is 12.5. The van der Waals surface area contributed by atoms with Crippen molar-refractivity contribution in [1.82, 2.24) is 4.90 Å². The van der Waals surface area contributed by atoms with E-state index in [1.54, 1.807) is 4.90 Å². The lowest BCUT2D eigenvalue weighted by atomic mass is 9.86. The molecule has 1 atom stereocenters. The van der Waals surface area contributed by atoms with Gasteiger partial charge >= 0.3 is 0 Å². The van der Waals surface area contributed by atoms with Gasteiger partial charge in [-0.2, -0.15) is 5.26 Å². The first-order valence-electron chi connectivity index (χ1n) is 7.03. The SMILES string of the molecule is N#CC1(C(=O)N2CCC(O)(C3CC3)C2)CCCC1. The number of carbonyl (C=O) groups is 1. The van der Waals surface area contributed by atoms with Gasteiger partial charge in [0.2, 0.25) is 5.91 Å². The minimum absolute atomic E-state index is 0.0286. The van der Waals surface area contributed by atoms with Gasteiger partial charge in [-0.05, 0) is 38.0 Å². The molecule has 1 unspecified atom stereocenters. The van der Waals surface area contributed by atoms with Crippen LogP contribution in [-0.4, -0.2) is 34.6 Å². The molecule has 1 saturated heterocycles. The van der Waals surface area contributed by atoms with Crippen molar-refractivity contribution in [1.29, 1.82) is 5.26 Å². The topological polar surface area (TPSA) is 64.3 Å². The molecule has 0 aromatic heterocycles. The molecule has 98 valence electrons. The van der Waals surface area contributed by atoms with E-state index in [0.29, 0.717) is 38.3 Å². The summed E-state index contributed by atoms with van der Waals surface area (Å²) in [6.45, 7) is 1.06. The summed E-state index contributed by atoms with van der Waals surface area (Å²) in [6.07, 6.45) is 6.19. The first-order chi connectivity index (χ1) is 8.60. The van der Waals surface area contributed by atoms with Crippen LogP contribution in [0, 0.1) is 22.7 Å². The highest BCUT2D eigenvalue weighted by Gasteiger charge is 2.52. The Balaban J connectivity index is 1.72. The molecule has 1 amide bonds. The van der Waals surface area contributed by atoms with Gasteiger partial charge < -0.3 is 10.0 Å². The van der Waals surface area contributed by atoms with Gasteiger partial charge in [0.05, 0.1) is 11.7 Å². The minimum Gasteiger partial charge on any atom is -0.388 e. The molecule has 0 radical (unpaired) electrons. The van der Waals surface area contributed by atoms with Crippen LogP contribution < -0.4 is 0 Å². The van der Waals surface area contributed by atoms with Crippen molar-refractivity contribution >= 4 is 5.91 Å². The number of aliphatic hydroxyl groups is 1. The third kappa shape index (κ3) is 1.73. The highest BCUT2D eigenvalue weighted by molar-refractivity contribution is 5.86. The lowest BCUT2D eigenvalue weighted by molar-refractivity contribution is -0.138. The Labute approximate surface area is 108 Å². The molecule has 1 N–H and O–H groups in total. The average Bonchev–Trinajstić information content (AvgIpc) is 3.01. The number of amides is 1. The molecule has 0 spiro atoms. The first-order valence-corrected chi connectivity index (χ1v) is 7.03. The van der Waals surface area contributed by atoms with Crippen LogP contribution in [0.15, 0.2) is 0 Å². The second-order valence-corrected chi connectivity index (χ2v) is 6.26. The van der Waals surface area contributed by atoms with Gasteiger partial charge in [-0.15, -0.1) is 0 Å². The number of rotatable bonds is 2. The Bertz CT molecular complexity index is 405. The third-order valence-corrected chi connectivity index (χ3v) is 4.98. The molecular formula is C14H20N2O2. The predicted octanol–water partition coefficient (Wildman–Crippen LogP) is 1.44. The van der Waals surface area contributed by atoms with Crippen LogP contribution in [0.3, 0.4) is 0 Å². The second-order valence-electron chi connectivity index (χ2n) is 6.26. The van der Waals surface area contributed by atoms with E-state index in [1.165, 1.54) is 0 Å². The lowest BCUT2D eigenvalue weighted by Gasteiger charge is -2.28. The van der Waals surface area contributed by atoms with Gasteiger partial charge in [-0.1, -0.05) is 12.8 Å². The van der Waals surface area contributed by atoms with E-state index in [2.05, 4.69) is 6.07 Å². The zero-order valence-electron chi connectivity index (χ0n) is 10.7. The number of hydrogen-bond acceptors (Lipinski definition) is 3. The van der Waals surface area contributed by atoms with Crippen LogP contribution in [0.2, 0.25) is 0 Å². The standard InChI is InChI=1S/C14H20N2O2/c15-9-13(5-1-2-6-13)12(17)16-8-7-14(18,10-16)11-3-4-11/h11,18H,1-8,10H2. The van der Waals surface area contributed by atoms with Crippen molar-refractivity contribution in [2.24, 2.45) is 11.3 Å². The third-order valence-electron chi connectivity index (χ3n) is 4.98. The minimum atomic E-state index is -0.783. The normalized spacial score (nSPS) is 34.6. The molecule has 3 rings (SSSR count). The van der Waals surface area contributed by atoms with E-state index in [4.69, 9.17) is 0 Å². The number of β-amino-alcohol motifs (C(OH)–C–C–N with tert-alkyl or cyclic N) is 1. The lowest BCUT2D eigenvalue weighted by Crippen LogP contribution is -2.43. The molecule has 4 nitrogen and oxygen atoms in total. The van der Waals surface area contributed by atoms with E-state index < -0.39 is 11.0 Å². The van der Waals surface area contributed by atoms with Gasteiger partial charge in [0.15, 0.2) is 0 Å². The summed E-state index contributed by atoms with van der Waals surface area (Å²) >= 11 is 0. The number of nitrogens with zero attached hydrogens (tertiary/aromatic N) is 2. The van der Waals surface area contributed by atoms with Gasteiger partial charge in [0, 0.05) is 13.1 Å². The predicted molar refractivity (Wildman–Crippen MR) is 65.4 cm³/mol. The fourth-order valence-electron chi connectivity index (χ4n) is 3.60. The van der Waals surface area contributed by atoms with Gasteiger partial charge in [0.25, 0.3) is 0 Å². The fraction of sp³-hybridized carbons (Fsp3) is 0.857. The molecule has 1 heterocycles. The molecule has 0 bridgehead atoms. The van der Waals surface area contributed by atoms with Crippen LogP contribution in [0.1, 0.15) is 44.9 Å². The highest BCUT2D eigenvalue weighted by Crippen LogP contribution is 2.46. The Kier molecular flexibility index (Phi) is 2.63. The van der Waals surface area contributed by atoms with Gasteiger partial charge in [-0.3, -0.25) is 4.79 Å². The Hall–Kier alpha value is -1.08. The fourth-order valence-corrected chi connectivity index (χ4v) is 3.60. The number of nitriles is 1. The smallest absolute Gasteiger partial charge is 0.243 e. The quantitative estimate of drug-likeness (QED) is 0.804. The summed E-state index contributed by atoms with van der Waals surface area (Å²) in [4.78, 5) is 14.3. The molecule has 0 aromatic carbocycles. The largest absolute Gasteiger partial charge is 0.388 e. The summed E-state index contributed by atoms with van der Waals surface area (Å²) in [7, 11) is 0. The summed E-state index contributed by atoms with van der Waals surface area (Å²) in [5, 5.41) is 19.8. The Morgan fingerprint density at radius 3 is 2.50 bits per heavy atom. The van der Waals surface area contributed by atoms with E-state index >= 15 is 0 Å². The van der Waals surface area contributed by atoms with Gasteiger partial charge in [0.1, 0.15) is 5.41 Å². The number of hydrogen-bond donors (Lipinski definition) is 1. The summed E-state index contributed by atoms with van der Waals surface area (Å²) < 4.78 is 0. The summed E-state index contributed by atoms with van der Waals surface area (Å²) in [5.41, 5.74) is -1.44. The molecule has 1 aliphatic heterocycles. The highest BCUT2D eigenvalue weighted by atomic mass is 16.3. The second kappa shape index (κ2) is 3.96. The molecule has 3 fully saturated rings. The molecule has 18 heavy (non-hydrogen) atoms. The average molecular weight is 248 g/mol. The zero-order chi connectivity index (χ0) is 12.8. The molecule has 3 aliphatic rings. The zero-order valence-corrected chi connectivity index (χ0v) is 10.7. The Morgan fingerprint density at radius 1 is 1.28 bits per heavy atom. The molecule has 2 saturated carbocycles. The van der Waals surface area contributed by atoms with E-state index in [-0.39, 0.29) is 5.91 Å². The van der Waals surface area contributed by atoms with Crippen molar-refractivity contribution in [3.8, 4) is 6.07 Å². The number of likely N-dealkylation sites (tertiary alicyclic amines) is 1. The van der Waals surface area contributed by atoms with Crippen LogP contribution in [-0.2, 0) is 4.79 Å². The monoisotopic (exact) mass is 248 g/mol. The van der Waals surface area contributed by atoms with Crippen LogP contribution in [0.25, 0.3) is 0 Å². The summed E-state index contributed by atoms with van der Waals surface area (Å²) in [5.74, 6) is 0.357. The van der Waals surface area contributed by atoms with Crippen LogP contribution in [0.5, 0.6) is 0 Å². The van der Waals surface area contributed by atoms with Crippen molar-refractivity contribution < 1.29 is 9.90 Å². The molecular weight excluding hydrogens is 228 g/mol. The Morgan fingerprint density at radius 2 is 1.94 bits per heavy atom. The maximum Gasteiger partial charge on any atom is 0.243 e. The molecule has 4 heteroatoms. The first kappa shape index (κ1) is 12.0. The van der Waals surface area contributed by atoms with Gasteiger partial charge in [-0.25, -0.2) is 0 Å². The van der Waals surface area contributed by atoms with Crippen molar-refractivity contribution in [3.05, 3.63) is 0 Å². The van der Waals surface area contributed by atoms with Crippen molar-refractivity contribution in [3.63, 3.8) is 0 Å². The van der Waals surface area contributed by atoms with E-state index in [1.807, 2.05) is 0 Å². The number of carbonyl (C=O) groups excluding carboxylic acids is 1. The maximum absolute atomic E-state index is 12.5. The van der Waals surface area contributed by atoms with E-state index in [0.717, 1.165) is 25.7 Å². The molecule has 0 aromatic rings. The van der Waals surface area contributed by atoms with Crippen molar-refractivity contribution in [2.75, 3.05) is 13.1 Å². The summed E-state index contributed by atoms with van der Waals surface area (Å²) in [6, 6.07) is 2.25. The van der Waals surface area contributed by atoms with Crippen LogP contribution >= 0.6 is 0 Å². The van der Waals surface area contributed by atoms with E-state index in [9.17, 15) is 15.2 Å². The van der Waals surface area contributed by atoms with Crippen molar-refractivity contribution in [2.45, 2.75) is 50.5 Å². The van der Waals surface area contributed by atoms with Crippen LogP contribution in [0.4, 0.5) is 0 Å².